The van der Waals surface area contributed by atoms with Gasteiger partial charge in [0.1, 0.15) is 11.2 Å². The number of hydrogen-bond donors (Lipinski definition) is 0. The largest absolute Gasteiger partial charge is 0.282 e. The van der Waals surface area contributed by atoms with Gasteiger partial charge in [0.15, 0.2) is 11.3 Å². The van der Waals surface area contributed by atoms with Gasteiger partial charge in [0.2, 0.25) is 0 Å². The number of fused-ring (bicyclic) bond motifs is 9. The van der Waals surface area contributed by atoms with Crippen LogP contribution >= 0.6 is 11.3 Å². The zero-order chi connectivity index (χ0) is 17.4. The standard InChI is InChI=1S/C19H15N5OS/c1-10-6-7-13-14(8-10)26-18-15(13)19(25)24-16(21-18)11-4-2-3-5-12(11)17-22-20-9-23(17)24/h2-5,9-10H,6-8H2,1H3/t10-/m1/s1. The molecule has 26 heavy (non-hydrogen) atoms. The Morgan fingerprint density at radius 2 is 2.00 bits per heavy atom. The summed E-state index contributed by atoms with van der Waals surface area (Å²) in [5.41, 5.74) is 2.52. The van der Waals surface area contributed by atoms with Crippen LogP contribution < -0.4 is 5.56 Å². The minimum atomic E-state index is -0.0207. The Hall–Kier alpha value is -2.80. The van der Waals surface area contributed by atoms with Crippen LogP contribution in [-0.2, 0) is 12.8 Å². The lowest BCUT2D eigenvalue weighted by atomic mass is 9.89. The zero-order valence-electron chi connectivity index (χ0n) is 14.1. The van der Waals surface area contributed by atoms with Crippen LogP contribution in [-0.4, -0.2) is 24.2 Å². The summed E-state index contributed by atoms with van der Waals surface area (Å²) in [6.07, 6.45) is 4.71. The lowest BCUT2D eigenvalue weighted by Crippen LogP contribution is -2.22. The summed E-state index contributed by atoms with van der Waals surface area (Å²) in [4.78, 5) is 20.6. The van der Waals surface area contributed by atoms with Crippen molar-refractivity contribution in [3.05, 3.63) is 51.4 Å². The Bertz CT molecular complexity index is 1410. The third-order valence-electron chi connectivity index (χ3n) is 5.46. The van der Waals surface area contributed by atoms with Crippen LogP contribution in [0.2, 0.25) is 0 Å². The number of aromatic nitrogens is 5. The maximum Gasteiger partial charge on any atom is 0.282 e. The number of thiophene rings is 1. The van der Waals surface area contributed by atoms with Gasteiger partial charge in [-0.1, -0.05) is 31.2 Å². The number of hydrogen-bond acceptors (Lipinski definition) is 5. The second kappa shape index (κ2) is 4.88. The van der Waals surface area contributed by atoms with E-state index in [0.29, 0.717) is 17.2 Å². The molecule has 0 unspecified atom stereocenters. The molecule has 0 aliphatic heterocycles. The highest BCUT2D eigenvalue weighted by atomic mass is 32.1. The fourth-order valence-electron chi connectivity index (χ4n) is 4.18. The van der Waals surface area contributed by atoms with Gasteiger partial charge >= 0.3 is 0 Å². The molecule has 0 fully saturated rings. The highest BCUT2D eigenvalue weighted by molar-refractivity contribution is 7.18. The summed E-state index contributed by atoms with van der Waals surface area (Å²) >= 11 is 1.68. The maximum absolute atomic E-state index is 13.5. The van der Waals surface area contributed by atoms with Crippen LogP contribution in [0.5, 0.6) is 0 Å². The predicted octanol–water partition coefficient (Wildman–Crippen LogP) is 3.23. The van der Waals surface area contributed by atoms with Crippen LogP contribution in [0.25, 0.3) is 32.3 Å². The molecular formula is C19H15N5OS. The van der Waals surface area contributed by atoms with E-state index in [0.717, 1.165) is 40.3 Å². The van der Waals surface area contributed by atoms with E-state index in [1.165, 1.54) is 10.4 Å². The highest BCUT2D eigenvalue weighted by Crippen LogP contribution is 2.36. The normalized spacial score (nSPS) is 17.5. The van der Waals surface area contributed by atoms with Gasteiger partial charge in [0.05, 0.1) is 5.39 Å². The highest BCUT2D eigenvalue weighted by Gasteiger charge is 2.24. The molecule has 0 saturated carbocycles. The van der Waals surface area contributed by atoms with Crippen LogP contribution in [0, 0.1) is 5.92 Å². The maximum atomic E-state index is 13.5. The van der Waals surface area contributed by atoms with Gasteiger partial charge in [-0.2, -0.15) is 4.52 Å². The van der Waals surface area contributed by atoms with Crippen LogP contribution in [0.4, 0.5) is 0 Å². The second-order valence-corrected chi connectivity index (χ2v) is 8.21. The minimum Gasteiger partial charge on any atom is -0.267 e. The van der Waals surface area contributed by atoms with Crippen molar-refractivity contribution in [2.75, 3.05) is 0 Å². The smallest absolute Gasteiger partial charge is 0.267 e. The molecule has 128 valence electrons. The van der Waals surface area contributed by atoms with E-state index in [9.17, 15) is 4.79 Å². The molecule has 4 heterocycles. The third-order valence-corrected chi connectivity index (χ3v) is 6.61. The second-order valence-electron chi connectivity index (χ2n) is 7.13. The lowest BCUT2D eigenvalue weighted by molar-refractivity contribution is 0.509. The summed E-state index contributed by atoms with van der Waals surface area (Å²) < 4.78 is 3.35. The van der Waals surface area contributed by atoms with E-state index in [-0.39, 0.29) is 5.56 Å². The van der Waals surface area contributed by atoms with Crippen molar-refractivity contribution in [3.63, 3.8) is 0 Å². The molecule has 0 radical (unpaired) electrons. The molecule has 5 aromatic rings. The van der Waals surface area contributed by atoms with E-state index in [2.05, 4.69) is 17.1 Å². The van der Waals surface area contributed by atoms with Gasteiger partial charge < -0.3 is 0 Å². The molecule has 0 saturated heterocycles. The number of benzene rings is 1. The van der Waals surface area contributed by atoms with E-state index < -0.39 is 0 Å². The van der Waals surface area contributed by atoms with Crippen molar-refractivity contribution in [2.24, 2.45) is 5.92 Å². The SMILES string of the molecule is C[C@@H]1CCc2c(sc3nc4c5ccccc5c5nncn5n4c(=O)c23)C1. The van der Waals surface area contributed by atoms with Crippen molar-refractivity contribution in [1.82, 2.24) is 24.2 Å². The summed E-state index contributed by atoms with van der Waals surface area (Å²) in [5.74, 6) is 0.665. The molecule has 0 amide bonds. The van der Waals surface area contributed by atoms with E-state index >= 15 is 0 Å². The van der Waals surface area contributed by atoms with E-state index in [1.54, 1.807) is 26.7 Å². The van der Waals surface area contributed by atoms with Gasteiger partial charge in [-0.05, 0) is 30.7 Å². The molecule has 1 atom stereocenters. The van der Waals surface area contributed by atoms with Crippen LogP contribution in [0.15, 0.2) is 35.4 Å². The lowest BCUT2D eigenvalue weighted by Gasteiger charge is -2.17. The monoisotopic (exact) mass is 361 g/mol. The van der Waals surface area contributed by atoms with Crippen molar-refractivity contribution in [2.45, 2.75) is 26.2 Å². The quantitative estimate of drug-likeness (QED) is 0.397. The molecular weight excluding hydrogens is 346 g/mol. The first kappa shape index (κ1) is 14.4. The number of aryl methyl sites for hydroxylation is 1. The fraction of sp³-hybridized carbons (Fsp3) is 0.263. The Labute approximate surface area is 151 Å². The molecule has 0 spiro atoms. The molecule has 1 aromatic carbocycles. The first-order valence-corrected chi connectivity index (χ1v) is 9.62. The summed E-state index contributed by atoms with van der Waals surface area (Å²) in [7, 11) is 0. The minimum absolute atomic E-state index is 0.0207. The predicted molar refractivity (Wildman–Crippen MR) is 102 cm³/mol. The topological polar surface area (TPSA) is 64.6 Å². The third kappa shape index (κ3) is 1.71. The summed E-state index contributed by atoms with van der Waals surface area (Å²) in [6, 6.07) is 7.92. The fourth-order valence-corrected chi connectivity index (χ4v) is 5.56. The van der Waals surface area contributed by atoms with Gasteiger partial charge in [-0.3, -0.25) is 4.79 Å². The van der Waals surface area contributed by atoms with Gasteiger partial charge in [-0.25, -0.2) is 9.50 Å². The molecule has 1 aliphatic carbocycles. The molecule has 4 aromatic heterocycles. The molecule has 7 heteroatoms. The summed E-state index contributed by atoms with van der Waals surface area (Å²) in [5, 5.41) is 10.9. The number of rotatable bonds is 0. The van der Waals surface area contributed by atoms with Crippen molar-refractivity contribution >= 4 is 43.6 Å². The first-order chi connectivity index (χ1) is 12.7. The zero-order valence-corrected chi connectivity index (χ0v) is 15.0. The Balaban J connectivity index is 1.89. The average molecular weight is 361 g/mol. The molecule has 6 nitrogen and oxygen atoms in total. The first-order valence-electron chi connectivity index (χ1n) is 8.80. The van der Waals surface area contributed by atoms with Crippen LogP contribution in [0.1, 0.15) is 23.8 Å². The Morgan fingerprint density at radius 1 is 1.19 bits per heavy atom. The Kier molecular flexibility index (Phi) is 2.70. The molecule has 0 bridgehead atoms. The molecule has 1 aliphatic rings. The average Bonchev–Trinajstić information content (AvgIpc) is 3.26. The van der Waals surface area contributed by atoms with Crippen LogP contribution in [0.3, 0.4) is 0 Å². The Morgan fingerprint density at radius 3 is 2.85 bits per heavy atom. The van der Waals surface area contributed by atoms with Crippen molar-refractivity contribution in [3.8, 4) is 0 Å². The van der Waals surface area contributed by atoms with E-state index in [1.807, 2.05) is 24.3 Å². The molecule has 6 rings (SSSR count). The van der Waals surface area contributed by atoms with Gasteiger partial charge in [0, 0.05) is 15.6 Å². The van der Waals surface area contributed by atoms with Crippen molar-refractivity contribution in [1.29, 1.82) is 0 Å². The van der Waals surface area contributed by atoms with Crippen molar-refractivity contribution < 1.29 is 0 Å². The summed E-state index contributed by atoms with van der Waals surface area (Å²) in [6.45, 7) is 2.28. The number of nitrogens with zero attached hydrogens (tertiary/aromatic N) is 5. The van der Waals surface area contributed by atoms with Gasteiger partial charge in [0.25, 0.3) is 5.56 Å². The van der Waals surface area contributed by atoms with Gasteiger partial charge in [-0.15, -0.1) is 21.5 Å². The molecule has 0 N–H and O–H groups in total. The van der Waals surface area contributed by atoms with E-state index in [4.69, 9.17) is 4.98 Å².